The summed E-state index contributed by atoms with van der Waals surface area (Å²) in [5.41, 5.74) is 2.18. The summed E-state index contributed by atoms with van der Waals surface area (Å²) in [4.78, 5) is 11.1. The van der Waals surface area contributed by atoms with Crippen molar-refractivity contribution >= 4 is 11.9 Å². The fourth-order valence-electron chi connectivity index (χ4n) is 1.71. The lowest BCUT2D eigenvalue weighted by atomic mass is 10.1. The SMILES string of the molecule is C#C/C(=C\c1ccc(C)cc1)OC1=CC(=O)CC1. The largest absolute Gasteiger partial charge is 0.453 e. The molecule has 2 nitrogen and oxygen atoms in total. The molecule has 0 radical (unpaired) electrons. The summed E-state index contributed by atoms with van der Waals surface area (Å²) in [5, 5.41) is 0. The minimum absolute atomic E-state index is 0.0942. The van der Waals surface area contributed by atoms with Gasteiger partial charge in [-0.05, 0) is 24.5 Å². The highest BCUT2D eigenvalue weighted by Crippen LogP contribution is 2.20. The van der Waals surface area contributed by atoms with Gasteiger partial charge < -0.3 is 4.74 Å². The molecule has 0 aromatic heterocycles. The van der Waals surface area contributed by atoms with E-state index in [-0.39, 0.29) is 5.78 Å². The lowest BCUT2D eigenvalue weighted by molar-refractivity contribution is -0.114. The van der Waals surface area contributed by atoms with Crippen LogP contribution in [-0.4, -0.2) is 5.78 Å². The number of terminal acetylenes is 1. The molecule has 2 heteroatoms. The highest BCUT2D eigenvalue weighted by molar-refractivity contribution is 5.92. The van der Waals surface area contributed by atoms with Crippen LogP contribution in [0.1, 0.15) is 24.0 Å². The van der Waals surface area contributed by atoms with Crippen LogP contribution in [0.2, 0.25) is 0 Å². The van der Waals surface area contributed by atoms with Gasteiger partial charge in [-0.1, -0.05) is 29.8 Å². The molecule has 0 atom stereocenters. The Balaban J connectivity index is 2.14. The molecule has 1 aromatic rings. The molecule has 2 rings (SSSR count). The summed E-state index contributed by atoms with van der Waals surface area (Å²) in [5.74, 6) is 3.67. The van der Waals surface area contributed by atoms with Crippen LogP contribution in [0.25, 0.3) is 6.08 Å². The van der Waals surface area contributed by atoms with Crippen molar-refractivity contribution in [3.8, 4) is 12.3 Å². The summed E-state index contributed by atoms with van der Waals surface area (Å²) in [6.45, 7) is 2.03. The van der Waals surface area contributed by atoms with E-state index in [2.05, 4.69) is 5.92 Å². The topological polar surface area (TPSA) is 26.3 Å². The fraction of sp³-hybridized carbons (Fsp3) is 0.188. The van der Waals surface area contributed by atoms with Crippen LogP contribution in [0.3, 0.4) is 0 Å². The average molecular weight is 238 g/mol. The number of benzene rings is 1. The van der Waals surface area contributed by atoms with Crippen molar-refractivity contribution in [2.75, 3.05) is 0 Å². The van der Waals surface area contributed by atoms with Gasteiger partial charge in [0.2, 0.25) is 0 Å². The minimum atomic E-state index is 0.0942. The van der Waals surface area contributed by atoms with Gasteiger partial charge in [-0.15, -0.1) is 6.42 Å². The number of hydrogen-bond acceptors (Lipinski definition) is 2. The Labute approximate surface area is 107 Å². The Morgan fingerprint density at radius 3 is 2.61 bits per heavy atom. The van der Waals surface area contributed by atoms with Gasteiger partial charge >= 0.3 is 0 Å². The van der Waals surface area contributed by atoms with Crippen LogP contribution in [-0.2, 0) is 9.53 Å². The molecule has 0 saturated heterocycles. The predicted molar refractivity (Wildman–Crippen MR) is 71.4 cm³/mol. The predicted octanol–water partition coefficient (Wildman–Crippen LogP) is 3.23. The lowest BCUT2D eigenvalue weighted by Gasteiger charge is -2.05. The van der Waals surface area contributed by atoms with Gasteiger partial charge in [-0.2, -0.15) is 0 Å². The number of aryl methyl sites for hydroxylation is 1. The highest BCUT2D eigenvalue weighted by Gasteiger charge is 2.14. The van der Waals surface area contributed by atoms with Gasteiger partial charge in [0, 0.05) is 18.9 Å². The zero-order chi connectivity index (χ0) is 13.0. The van der Waals surface area contributed by atoms with Gasteiger partial charge in [0.15, 0.2) is 11.5 Å². The van der Waals surface area contributed by atoms with Gasteiger partial charge in [0.1, 0.15) is 5.76 Å². The van der Waals surface area contributed by atoms with Crippen LogP contribution in [0.15, 0.2) is 41.9 Å². The van der Waals surface area contributed by atoms with Crippen molar-refractivity contribution in [3.63, 3.8) is 0 Å². The Morgan fingerprint density at radius 2 is 2.06 bits per heavy atom. The van der Waals surface area contributed by atoms with E-state index in [0.717, 1.165) is 5.56 Å². The molecule has 0 amide bonds. The summed E-state index contributed by atoms with van der Waals surface area (Å²) in [7, 11) is 0. The van der Waals surface area contributed by atoms with Gasteiger partial charge in [0.25, 0.3) is 0 Å². The first kappa shape index (κ1) is 12.2. The van der Waals surface area contributed by atoms with E-state index in [0.29, 0.717) is 24.4 Å². The van der Waals surface area contributed by atoms with Gasteiger partial charge in [-0.3, -0.25) is 4.79 Å². The summed E-state index contributed by atoms with van der Waals surface area (Å²) >= 11 is 0. The van der Waals surface area contributed by atoms with E-state index in [1.807, 2.05) is 31.2 Å². The summed E-state index contributed by atoms with van der Waals surface area (Å²) in [6.07, 6.45) is 9.86. The van der Waals surface area contributed by atoms with Crippen LogP contribution < -0.4 is 0 Å². The number of hydrogen-bond donors (Lipinski definition) is 0. The fourth-order valence-corrected chi connectivity index (χ4v) is 1.71. The second-order valence-electron chi connectivity index (χ2n) is 4.24. The molecule has 1 aliphatic carbocycles. The maximum atomic E-state index is 11.1. The summed E-state index contributed by atoms with van der Waals surface area (Å²) in [6, 6.07) is 7.98. The molecule has 0 fully saturated rings. The lowest BCUT2D eigenvalue weighted by Crippen LogP contribution is -1.89. The van der Waals surface area contributed by atoms with E-state index in [1.165, 1.54) is 11.6 Å². The second kappa shape index (κ2) is 5.37. The molecule has 0 heterocycles. The Morgan fingerprint density at radius 1 is 1.33 bits per heavy atom. The van der Waals surface area contributed by atoms with Crippen LogP contribution in [0, 0.1) is 19.3 Å². The van der Waals surface area contributed by atoms with Crippen LogP contribution >= 0.6 is 0 Å². The van der Waals surface area contributed by atoms with E-state index in [4.69, 9.17) is 11.2 Å². The molecule has 1 aromatic carbocycles. The zero-order valence-electron chi connectivity index (χ0n) is 10.3. The molecule has 0 unspecified atom stereocenters. The van der Waals surface area contributed by atoms with Crippen molar-refractivity contribution in [1.82, 2.24) is 0 Å². The van der Waals surface area contributed by atoms with Crippen LogP contribution in [0.5, 0.6) is 0 Å². The monoisotopic (exact) mass is 238 g/mol. The number of rotatable bonds is 3. The number of carbonyl (C=O) groups is 1. The van der Waals surface area contributed by atoms with E-state index >= 15 is 0 Å². The minimum Gasteiger partial charge on any atom is -0.453 e. The normalized spacial score (nSPS) is 15.2. The van der Waals surface area contributed by atoms with Crippen molar-refractivity contribution in [2.45, 2.75) is 19.8 Å². The molecule has 0 aliphatic heterocycles. The van der Waals surface area contributed by atoms with Gasteiger partial charge in [-0.25, -0.2) is 0 Å². The third-order valence-corrected chi connectivity index (χ3v) is 2.70. The molecule has 0 bridgehead atoms. The molecule has 90 valence electrons. The highest BCUT2D eigenvalue weighted by atomic mass is 16.5. The second-order valence-corrected chi connectivity index (χ2v) is 4.24. The van der Waals surface area contributed by atoms with Crippen molar-refractivity contribution in [3.05, 3.63) is 53.0 Å². The number of ether oxygens (including phenoxy) is 1. The Hall–Kier alpha value is -2.27. The third kappa shape index (κ3) is 3.11. The molecule has 0 N–H and O–H groups in total. The molecule has 0 saturated carbocycles. The van der Waals surface area contributed by atoms with Crippen molar-refractivity contribution in [1.29, 1.82) is 0 Å². The quantitative estimate of drug-likeness (QED) is 0.597. The first-order valence-corrected chi connectivity index (χ1v) is 5.83. The van der Waals surface area contributed by atoms with Crippen LogP contribution in [0.4, 0.5) is 0 Å². The standard InChI is InChI=1S/C16H14O2/c1-3-15(18-16-9-8-14(17)11-16)10-13-6-4-12(2)5-7-13/h1,4-7,10-11H,8-9H2,2H3/b15-10+. The molecule has 1 aliphatic rings. The maximum Gasteiger partial charge on any atom is 0.177 e. The molecule has 0 spiro atoms. The van der Waals surface area contributed by atoms with Crippen molar-refractivity contribution in [2.24, 2.45) is 0 Å². The number of allylic oxidation sites excluding steroid dienone is 3. The third-order valence-electron chi connectivity index (χ3n) is 2.70. The smallest absolute Gasteiger partial charge is 0.177 e. The first-order chi connectivity index (χ1) is 8.67. The van der Waals surface area contributed by atoms with E-state index < -0.39 is 0 Å². The van der Waals surface area contributed by atoms with Gasteiger partial charge in [0.05, 0.1) is 0 Å². The van der Waals surface area contributed by atoms with E-state index in [1.54, 1.807) is 6.08 Å². The Bertz CT molecular complexity index is 554. The molecular weight excluding hydrogens is 224 g/mol. The molecular formula is C16H14O2. The maximum absolute atomic E-state index is 11.1. The van der Waals surface area contributed by atoms with E-state index in [9.17, 15) is 4.79 Å². The van der Waals surface area contributed by atoms with Crippen molar-refractivity contribution < 1.29 is 9.53 Å². The number of ketones is 1. The summed E-state index contributed by atoms with van der Waals surface area (Å²) < 4.78 is 5.53. The Kier molecular flexibility index (Phi) is 3.64. The first-order valence-electron chi connectivity index (χ1n) is 5.83. The number of carbonyl (C=O) groups excluding carboxylic acids is 1. The zero-order valence-corrected chi connectivity index (χ0v) is 10.3. The molecule has 18 heavy (non-hydrogen) atoms. The average Bonchev–Trinajstić information content (AvgIpc) is 2.77.